The van der Waals surface area contributed by atoms with E-state index in [1.165, 1.54) is 26.0 Å². The monoisotopic (exact) mass is 320 g/mol. The van der Waals surface area contributed by atoms with Crippen molar-refractivity contribution in [3.63, 3.8) is 0 Å². The Hall–Kier alpha value is -0.840. The normalized spacial score (nSPS) is 12.6. The zero-order chi connectivity index (χ0) is 15.2. The highest BCUT2D eigenvalue weighted by Gasteiger charge is 2.14. The molecule has 0 saturated carbocycles. The largest absolute Gasteiger partial charge is 0.310 e. The molecule has 2 aromatic rings. The van der Waals surface area contributed by atoms with Crippen molar-refractivity contribution < 1.29 is 0 Å². The summed E-state index contributed by atoms with van der Waals surface area (Å²) in [6.45, 7) is 7.49. The summed E-state index contributed by atoms with van der Waals surface area (Å²) >= 11 is 3.61. The molecule has 1 atom stereocenters. The van der Waals surface area contributed by atoms with Crippen molar-refractivity contribution >= 4 is 23.1 Å². The molecular weight excluding hydrogens is 296 g/mol. The Labute approximate surface area is 136 Å². The maximum Gasteiger partial charge on any atom is 0.0949 e. The van der Waals surface area contributed by atoms with Crippen LogP contribution in [0.3, 0.4) is 0 Å². The second-order valence-electron chi connectivity index (χ2n) is 5.23. The van der Waals surface area contributed by atoms with Crippen LogP contribution in [0.4, 0.5) is 0 Å². The van der Waals surface area contributed by atoms with Gasteiger partial charge >= 0.3 is 0 Å². The fourth-order valence-corrected chi connectivity index (χ4v) is 3.65. The van der Waals surface area contributed by atoms with E-state index >= 15 is 0 Å². The summed E-state index contributed by atoms with van der Waals surface area (Å²) in [5.41, 5.74) is 2.52. The third-order valence-electron chi connectivity index (χ3n) is 3.61. The molecule has 1 heterocycles. The molecule has 1 aromatic heterocycles. The van der Waals surface area contributed by atoms with Crippen LogP contribution in [0.5, 0.6) is 0 Å². The van der Waals surface area contributed by atoms with E-state index in [2.05, 4.69) is 56.6 Å². The molecule has 0 spiro atoms. The van der Waals surface area contributed by atoms with E-state index in [1.54, 1.807) is 11.8 Å². The van der Waals surface area contributed by atoms with Gasteiger partial charge < -0.3 is 5.32 Å². The van der Waals surface area contributed by atoms with E-state index in [4.69, 9.17) is 4.98 Å². The Balaban J connectivity index is 2.16. The number of thioether (sulfide) groups is 1. The van der Waals surface area contributed by atoms with Crippen molar-refractivity contribution in [1.29, 1.82) is 0 Å². The first-order valence-electron chi connectivity index (χ1n) is 7.44. The average Bonchev–Trinajstić information content (AvgIpc) is 2.82. The molecule has 1 aromatic carbocycles. The van der Waals surface area contributed by atoms with E-state index in [-0.39, 0.29) is 0 Å². The molecule has 0 radical (unpaired) electrons. The molecule has 4 heteroatoms. The van der Waals surface area contributed by atoms with Crippen LogP contribution in [0.25, 0.3) is 0 Å². The second-order valence-corrected chi connectivity index (χ2v) is 7.40. The SMILES string of the molecule is CCCNC(Cc1nc(C)c(C)s1)c1ccc(SC)cc1. The van der Waals surface area contributed by atoms with Gasteiger partial charge in [0.15, 0.2) is 0 Å². The summed E-state index contributed by atoms with van der Waals surface area (Å²) in [5, 5.41) is 4.89. The van der Waals surface area contributed by atoms with Gasteiger partial charge in [-0.1, -0.05) is 19.1 Å². The van der Waals surface area contributed by atoms with Crippen LogP contribution in [-0.2, 0) is 6.42 Å². The van der Waals surface area contributed by atoms with Crippen LogP contribution in [0, 0.1) is 13.8 Å². The van der Waals surface area contributed by atoms with E-state index in [1.807, 2.05) is 11.3 Å². The minimum Gasteiger partial charge on any atom is -0.310 e. The lowest BCUT2D eigenvalue weighted by molar-refractivity contribution is 0.528. The number of aromatic nitrogens is 1. The molecule has 0 aliphatic carbocycles. The predicted molar refractivity (Wildman–Crippen MR) is 94.5 cm³/mol. The van der Waals surface area contributed by atoms with Gasteiger partial charge in [0.1, 0.15) is 0 Å². The van der Waals surface area contributed by atoms with Crippen molar-refractivity contribution in [2.75, 3.05) is 12.8 Å². The van der Waals surface area contributed by atoms with Crippen LogP contribution < -0.4 is 5.32 Å². The zero-order valence-corrected chi connectivity index (χ0v) is 14.9. The highest BCUT2D eigenvalue weighted by atomic mass is 32.2. The van der Waals surface area contributed by atoms with Crippen LogP contribution in [0.15, 0.2) is 29.2 Å². The van der Waals surface area contributed by atoms with Crippen LogP contribution in [0.1, 0.15) is 40.5 Å². The summed E-state index contributed by atoms with van der Waals surface area (Å²) in [7, 11) is 0. The van der Waals surface area contributed by atoms with Gasteiger partial charge in [0.2, 0.25) is 0 Å². The number of nitrogens with one attached hydrogen (secondary N) is 1. The Bertz CT molecular complexity index is 541. The average molecular weight is 321 g/mol. The van der Waals surface area contributed by atoms with Gasteiger partial charge in [-0.25, -0.2) is 4.98 Å². The number of benzene rings is 1. The zero-order valence-electron chi connectivity index (χ0n) is 13.3. The molecular formula is C17H24N2S2. The molecule has 0 aliphatic rings. The Morgan fingerprint density at radius 3 is 2.48 bits per heavy atom. The maximum atomic E-state index is 4.69. The summed E-state index contributed by atoms with van der Waals surface area (Å²) in [4.78, 5) is 7.34. The lowest BCUT2D eigenvalue weighted by atomic mass is 10.0. The lowest BCUT2D eigenvalue weighted by Crippen LogP contribution is -2.24. The third kappa shape index (κ3) is 4.56. The van der Waals surface area contributed by atoms with Crippen molar-refractivity contribution in [3.05, 3.63) is 45.4 Å². The number of hydrogen-bond donors (Lipinski definition) is 1. The van der Waals surface area contributed by atoms with E-state index in [9.17, 15) is 0 Å². The van der Waals surface area contributed by atoms with Crippen molar-refractivity contribution in [1.82, 2.24) is 10.3 Å². The van der Waals surface area contributed by atoms with E-state index in [0.717, 1.165) is 19.4 Å². The van der Waals surface area contributed by atoms with Crippen LogP contribution >= 0.6 is 23.1 Å². The molecule has 1 unspecified atom stereocenters. The predicted octanol–water partition coefficient (Wildman–Crippen LogP) is 4.77. The number of aryl methyl sites for hydroxylation is 2. The minimum absolute atomic E-state index is 0.353. The third-order valence-corrected chi connectivity index (χ3v) is 5.45. The molecule has 0 aliphatic heterocycles. The van der Waals surface area contributed by atoms with Crippen LogP contribution in [-0.4, -0.2) is 17.8 Å². The minimum atomic E-state index is 0.353. The van der Waals surface area contributed by atoms with Gasteiger partial charge in [-0.15, -0.1) is 23.1 Å². The summed E-state index contributed by atoms with van der Waals surface area (Å²) in [5.74, 6) is 0. The number of thiazole rings is 1. The van der Waals surface area contributed by atoms with Crippen molar-refractivity contribution in [2.45, 2.75) is 44.6 Å². The summed E-state index contributed by atoms with van der Waals surface area (Å²) < 4.78 is 0. The first-order valence-corrected chi connectivity index (χ1v) is 9.48. The van der Waals surface area contributed by atoms with Gasteiger partial charge in [-0.05, 0) is 50.8 Å². The summed E-state index contributed by atoms with van der Waals surface area (Å²) in [6.07, 6.45) is 4.23. The molecule has 2 nitrogen and oxygen atoms in total. The fourth-order valence-electron chi connectivity index (χ4n) is 2.26. The summed E-state index contributed by atoms with van der Waals surface area (Å²) in [6, 6.07) is 9.25. The Morgan fingerprint density at radius 1 is 1.24 bits per heavy atom. The molecule has 0 fully saturated rings. The van der Waals surface area contributed by atoms with Gasteiger partial charge in [0.05, 0.1) is 10.7 Å². The van der Waals surface area contributed by atoms with Crippen molar-refractivity contribution in [2.24, 2.45) is 0 Å². The lowest BCUT2D eigenvalue weighted by Gasteiger charge is -2.18. The molecule has 0 saturated heterocycles. The van der Waals surface area contributed by atoms with Crippen LogP contribution in [0.2, 0.25) is 0 Å². The Morgan fingerprint density at radius 2 is 1.95 bits per heavy atom. The topological polar surface area (TPSA) is 24.9 Å². The molecule has 0 amide bonds. The highest BCUT2D eigenvalue weighted by molar-refractivity contribution is 7.98. The van der Waals surface area contributed by atoms with E-state index < -0.39 is 0 Å². The standard InChI is InChI=1S/C17H24N2S2/c1-5-10-18-16(11-17-19-12(2)13(3)21-17)14-6-8-15(20-4)9-7-14/h6-9,16,18H,5,10-11H2,1-4H3. The number of nitrogens with zero attached hydrogens (tertiary/aromatic N) is 1. The molecule has 1 N–H and O–H groups in total. The fraction of sp³-hybridized carbons (Fsp3) is 0.471. The Kier molecular flexibility index (Phi) is 6.27. The maximum absolute atomic E-state index is 4.69. The number of hydrogen-bond acceptors (Lipinski definition) is 4. The highest BCUT2D eigenvalue weighted by Crippen LogP contribution is 2.25. The van der Waals surface area contributed by atoms with Gasteiger partial charge in [-0.3, -0.25) is 0 Å². The van der Waals surface area contributed by atoms with Gasteiger partial charge in [-0.2, -0.15) is 0 Å². The smallest absolute Gasteiger partial charge is 0.0949 e. The second kappa shape index (κ2) is 7.97. The molecule has 21 heavy (non-hydrogen) atoms. The van der Waals surface area contributed by atoms with Gasteiger partial charge in [0, 0.05) is 22.2 Å². The number of rotatable bonds is 7. The molecule has 114 valence electrons. The molecule has 0 bridgehead atoms. The van der Waals surface area contributed by atoms with Gasteiger partial charge in [0.25, 0.3) is 0 Å². The molecule has 2 rings (SSSR count). The quantitative estimate of drug-likeness (QED) is 0.744. The first kappa shape index (κ1) is 16.5. The first-order chi connectivity index (χ1) is 10.1. The van der Waals surface area contributed by atoms with E-state index in [0.29, 0.717) is 6.04 Å². The van der Waals surface area contributed by atoms with Crippen molar-refractivity contribution in [3.8, 4) is 0 Å².